The Bertz CT molecular complexity index is 795. The van der Waals surface area contributed by atoms with Gasteiger partial charge in [-0.2, -0.15) is 0 Å². The number of amides is 2. The number of piperidine rings is 1. The molecule has 2 atom stereocenters. The molecule has 1 aromatic carbocycles. The average Bonchev–Trinajstić information content (AvgIpc) is 3.19. The van der Waals surface area contributed by atoms with Gasteiger partial charge in [-0.15, -0.1) is 0 Å². The number of hydrogen-bond acceptors (Lipinski definition) is 4. The van der Waals surface area contributed by atoms with E-state index in [1.807, 2.05) is 36.2 Å². The first-order valence-electron chi connectivity index (χ1n) is 9.47. The van der Waals surface area contributed by atoms with Crippen LogP contribution in [-0.4, -0.2) is 77.4 Å². The number of benzene rings is 1. The molecule has 7 heteroatoms. The maximum atomic E-state index is 12.8. The molecule has 0 radical (unpaired) electrons. The smallest absolute Gasteiger partial charge is 0.313 e. The van der Waals surface area contributed by atoms with Crippen LogP contribution in [0.15, 0.2) is 24.3 Å². The SMILES string of the molecule is CN1CC[C@H]2CN(C(=O)CCN3Cc4ccccc4C3=O)C[C@@]2(C(=O)O)C1. The van der Waals surface area contributed by atoms with E-state index in [0.717, 1.165) is 18.5 Å². The second-order valence-electron chi connectivity index (χ2n) is 8.09. The summed E-state index contributed by atoms with van der Waals surface area (Å²) in [7, 11) is 1.93. The zero-order chi connectivity index (χ0) is 19.2. The first-order valence-corrected chi connectivity index (χ1v) is 9.47. The summed E-state index contributed by atoms with van der Waals surface area (Å²) < 4.78 is 0. The van der Waals surface area contributed by atoms with Gasteiger partial charge in [0, 0.05) is 44.7 Å². The Labute approximate surface area is 158 Å². The topological polar surface area (TPSA) is 81.2 Å². The minimum absolute atomic E-state index is 0.00724. The summed E-state index contributed by atoms with van der Waals surface area (Å²) in [6.07, 6.45) is 1.03. The number of hydrogen-bond donors (Lipinski definition) is 1. The molecule has 0 aromatic heterocycles. The third-order valence-corrected chi connectivity index (χ3v) is 6.38. The van der Waals surface area contributed by atoms with Gasteiger partial charge >= 0.3 is 5.97 Å². The summed E-state index contributed by atoms with van der Waals surface area (Å²) in [6.45, 7) is 3.03. The van der Waals surface area contributed by atoms with E-state index in [-0.39, 0.29) is 30.7 Å². The van der Waals surface area contributed by atoms with Gasteiger partial charge in [0.2, 0.25) is 5.91 Å². The van der Waals surface area contributed by atoms with Gasteiger partial charge in [-0.3, -0.25) is 14.4 Å². The number of carbonyl (C=O) groups excluding carboxylic acids is 2. The minimum atomic E-state index is -0.859. The molecule has 3 aliphatic rings. The van der Waals surface area contributed by atoms with Gasteiger partial charge in [0.15, 0.2) is 0 Å². The molecule has 7 nitrogen and oxygen atoms in total. The molecular formula is C20H25N3O4. The van der Waals surface area contributed by atoms with Crippen molar-refractivity contribution in [2.75, 3.05) is 39.8 Å². The van der Waals surface area contributed by atoms with Crippen molar-refractivity contribution in [2.24, 2.45) is 11.3 Å². The standard InChI is InChI=1S/C20H25N3O4/c1-21-8-6-15-11-23(13-20(15,12-21)19(26)27)17(24)7-9-22-10-14-4-2-3-5-16(14)18(22)25/h2-5,15H,6-13H2,1H3,(H,26,27)/t15-,20-/m0/s1. The van der Waals surface area contributed by atoms with Crippen molar-refractivity contribution < 1.29 is 19.5 Å². The molecule has 0 spiro atoms. The Kier molecular flexibility index (Phi) is 4.42. The van der Waals surface area contributed by atoms with Crippen molar-refractivity contribution in [3.05, 3.63) is 35.4 Å². The van der Waals surface area contributed by atoms with E-state index in [1.54, 1.807) is 9.80 Å². The third kappa shape index (κ3) is 3.00. The molecule has 2 amide bonds. The second-order valence-corrected chi connectivity index (χ2v) is 8.09. The van der Waals surface area contributed by atoms with Gasteiger partial charge in [0.1, 0.15) is 5.41 Å². The normalized spacial score (nSPS) is 27.6. The quantitative estimate of drug-likeness (QED) is 0.850. The van der Waals surface area contributed by atoms with E-state index >= 15 is 0 Å². The van der Waals surface area contributed by atoms with Crippen molar-refractivity contribution in [3.8, 4) is 0 Å². The van der Waals surface area contributed by atoms with Gasteiger partial charge in [0.05, 0.1) is 0 Å². The summed E-state index contributed by atoms with van der Waals surface area (Å²) in [6, 6.07) is 7.51. The molecule has 2 fully saturated rings. The fraction of sp³-hybridized carbons (Fsp3) is 0.550. The molecule has 27 heavy (non-hydrogen) atoms. The maximum absolute atomic E-state index is 12.8. The zero-order valence-corrected chi connectivity index (χ0v) is 15.6. The highest BCUT2D eigenvalue weighted by molar-refractivity contribution is 5.98. The molecule has 4 rings (SSSR count). The van der Waals surface area contributed by atoms with Crippen LogP contribution in [0.5, 0.6) is 0 Å². The Morgan fingerprint density at radius 2 is 2.04 bits per heavy atom. The van der Waals surface area contributed by atoms with Crippen LogP contribution in [0.4, 0.5) is 0 Å². The summed E-state index contributed by atoms with van der Waals surface area (Å²) in [5, 5.41) is 9.84. The van der Waals surface area contributed by atoms with E-state index in [1.165, 1.54) is 0 Å². The number of nitrogens with zero attached hydrogens (tertiary/aromatic N) is 3. The lowest BCUT2D eigenvalue weighted by Crippen LogP contribution is -2.52. The zero-order valence-electron chi connectivity index (χ0n) is 15.6. The van der Waals surface area contributed by atoms with Gasteiger partial charge in [0.25, 0.3) is 5.91 Å². The molecule has 2 saturated heterocycles. The highest BCUT2D eigenvalue weighted by Crippen LogP contribution is 2.42. The molecule has 144 valence electrons. The Morgan fingerprint density at radius 1 is 1.26 bits per heavy atom. The van der Waals surface area contributed by atoms with Gasteiger partial charge in [-0.05, 0) is 37.6 Å². The third-order valence-electron chi connectivity index (χ3n) is 6.38. The predicted molar refractivity (Wildman–Crippen MR) is 98.1 cm³/mol. The van der Waals surface area contributed by atoms with Crippen molar-refractivity contribution >= 4 is 17.8 Å². The lowest BCUT2D eigenvalue weighted by molar-refractivity contribution is -0.154. The van der Waals surface area contributed by atoms with Crippen molar-refractivity contribution in [1.29, 1.82) is 0 Å². The van der Waals surface area contributed by atoms with E-state index in [9.17, 15) is 19.5 Å². The highest BCUT2D eigenvalue weighted by atomic mass is 16.4. The Morgan fingerprint density at radius 3 is 2.78 bits per heavy atom. The lowest BCUT2D eigenvalue weighted by Gasteiger charge is -2.39. The Balaban J connectivity index is 1.39. The van der Waals surface area contributed by atoms with E-state index in [2.05, 4.69) is 0 Å². The van der Waals surface area contributed by atoms with Gasteiger partial charge in [-0.25, -0.2) is 0 Å². The van der Waals surface area contributed by atoms with Crippen molar-refractivity contribution in [2.45, 2.75) is 19.4 Å². The summed E-state index contributed by atoms with van der Waals surface area (Å²) in [5.41, 5.74) is 0.850. The minimum Gasteiger partial charge on any atom is -0.481 e. The lowest BCUT2D eigenvalue weighted by atomic mass is 9.73. The molecule has 3 aliphatic heterocycles. The summed E-state index contributed by atoms with van der Waals surface area (Å²) >= 11 is 0. The Hall–Kier alpha value is -2.41. The van der Waals surface area contributed by atoms with Crippen LogP contribution in [0.3, 0.4) is 0 Å². The van der Waals surface area contributed by atoms with E-state index in [4.69, 9.17) is 0 Å². The van der Waals surface area contributed by atoms with Crippen molar-refractivity contribution in [3.63, 3.8) is 0 Å². The monoisotopic (exact) mass is 371 g/mol. The van der Waals surface area contributed by atoms with Gasteiger partial charge < -0.3 is 19.8 Å². The number of fused-ring (bicyclic) bond motifs is 2. The molecule has 1 N–H and O–H groups in total. The maximum Gasteiger partial charge on any atom is 0.313 e. The molecule has 1 aromatic rings. The van der Waals surface area contributed by atoms with Crippen LogP contribution >= 0.6 is 0 Å². The van der Waals surface area contributed by atoms with Crippen LogP contribution in [0.1, 0.15) is 28.8 Å². The fourth-order valence-electron chi connectivity index (χ4n) is 4.84. The van der Waals surface area contributed by atoms with Crippen LogP contribution in [0, 0.1) is 11.3 Å². The largest absolute Gasteiger partial charge is 0.481 e. The molecule has 0 aliphatic carbocycles. The number of aliphatic carboxylic acids is 1. The predicted octanol–water partition coefficient (Wildman–Crippen LogP) is 0.897. The van der Waals surface area contributed by atoms with Crippen LogP contribution in [0.25, 0.3) is 0 Å². The van der Waals surface area contributed by atoms with Crippen LogP contribution in [-0.2, 0) is 16.1 Å². The molecule has 0 unspecified atom stereocenters. The molecule has 0 saturated carbocycles. The number of carboxylic acids is 1. The molecule has 0 bridgehead atoms. The first kappa shape index (κ1) is 18.0. The number of carboxylic acid groups (broad SMARTS) is 1. The number of rotatable bonds is 4. The fourth-order valence-corrected chi connectivity index (χ4v) is 4.84. The second kappa shape index (κ2) is 6.64. The van der Waals surface area contributed by atoms with E-state index < -0.39 is 11.4 Å². The number of likely N-dealkylation sites (tertiary alicyclic amines) is 2. The first-order chi connectivity index (χ1) is 12.9. The number of carbonyl (C=O) groups is 3. The summed E-state index contributed by atoms with van der Waals surface area (Å²) in [5.74, 6) is -0.888. The highest BCUT2D eigenvalue weighted by Gasteiger charge is 2.55. The molecule has 3 heterocycles. The summed E-state index contributed by atoms with van der Waals surface area (Å²) in [4.78, 5) is 42.6. The molecular weight excluding hydrogens is 346 g/mol. The van der Waals surface area contributed by atoms with Crippen LogP contribution < -0.4 is 0 Å². The van der Waals surface area contributed by atoms with Crippen molar-refractivity contribution in [1.82, 2.24) is 14.7 Å². The average molecular weight is 371 g/mol. The van der Waals surface area contributed by atoms with E-state index in [0.29, 0.717) is 31.7 Å². The van der Waals surface area contributed by atoms with Gasteiger partial charge in [-0.1, -0.05) is 18.2 Å². The van der Waals surface area contributed by atoms with Crippen LogP contribution in [0.2, 0.25) is 0 Å².